The van der Waals surface area contributed by atoms with Crippen LogP contribution in [0, 0.1) is 23.7 Å². The van der Waals surface area contributed by atoms with Crippen molar-refractivity contribution in [2.24, 2.45) is 11.8 Å². The lowest BCUT2D eigenvalue weighted by molar-refractivity contribution is -0.179. The molecule has 7 atom stereocenters. The Hall–Kier alpha value is -7.80. The Bertz CT molecular complexity index is 2740. The van der Waals surface area contributed by atoms with Gasteiger partial charge in [-0.05, 0) is 53.4 Å². The number of carboxylic acids is 1. The lowest BCUT2D eigenvalue weighted by Gasteiger charge is -2.46. The van der Waals surface area contributed by atoms with Gasteiger partial charge in [0.05, 0.1) is 44.6 Å². The fraction of sp³-hybridized carbons (Fsp3) is 0.269. The van der Waals surface area contributed by atoms with Gasteiger partial charge < -0.3 is 34.5 Å². The first kappa shape index (κ1) is 45.8. The lowest BCUT2D eigenvalue weighted by atomic mass is 9.65. The van der Waals surface area contributed by atoms with Gasteiger partial charge in [-0.25, -0.2) is 9.69 Å². The first-order valence-electron chi connectivity index (χ1n) is 21.6. The molecule has 0 aromatic heterocycles. The first-order chi connectivity index (χ1) is 32.5. The Kier molecular flexibility index (Phi) is 13.2. The van der Waals surface area contributed by atoms with Crippen molar-refractivity contribution in [3.05, 3.63) is 167 Å². The van der Waals surface area contributed by atoms with Crippen LogP contribution in [0.3, 0.4) is 0 Å². The summed E-state index contributed by atoms with van der Waals surface area (Å²) >= 11 is 0. The van der Waals surface area contributed by atoms with Crippen molar-refractivity contribution >= 4 is 41.5 Å². The number of amides is 3. The molecular weight excluding hydrogens is 859 g/mol. The minimum Gasteiger partial charge on any atom is -0.491 e. The number of aliphatic hydroxyl groups is 1. The highest BCUT2D eigenvalue weighted by atomic mass is 16.6. The number of morpholine rings is 1. The van der Waals surface area contributed by atoms with Gasteiger partial charge >= 0.3 is 29.9 Å². The topological polar surface area (TPSA) is 198 Å². The summed E-state index contributed by atoms with van der Waals surface area (Å²) in [7, 11) is 2.26. The number of hydrogen-bond donors (Lipinski definition) is 3. The molecule has 15 nitrogen and oxygen atoms in total. The number of aliphatic hydroxyl groups excluding tert-OH is 1. The van der Waals surface area contributed by atoms with Crippen molar-refractivity contribution in [2.45, 2.75) is 49.0 Å². The molecule has 3 heterocycles. The number of urea groups is 1. The number of carbonyl (C=O) groups is 6. The van der Waals surface area contributed by atoms with Gasteiger partial charge in [0.2, 0.25) is 5.91 Å². The number of cyclic esters (lactones) is 1. The molecule has 0 saturated carbocycles. The molecule has 2 saturated heterocycles. The van der Waals surface area contributed by atoms with Crippen molar-refractivity contribution in [2.75, 3.05) is 32.3 Å². The highest BCUT2D eigenvalue weighted by Gasteiger charge is 2.76. The molecule has 8 rings (SSSR count). The van der Waals surface area contributed by atoms with Crippen LogP contribution in [-0.2, 0) is 43.6 Å². The van der Waals surface area contributed by atoms with E-state index in [4.69, 9.17) is 18.9 Å². The van der Waals surface area contributed by atoms with Crippen molar-refractivity contribution in [1.82, 2.24) is 10.2 Å². The predicted molar refractivity (Wildman–Crippen MR) is 241 cm³/mol. The molecular formula is C52H47N3O12. The minimum absolute atomic E-state index is 0.0319. The van der Waals surface area contributed by atoms with Crippen molar-refractivity contribution in [1.29, 1.82) is 0 Å². The molecule has 3 amide bonds. The van der Waals surface area contributed by atoms with E-state index in [0.717, 1.165) is 24.7 Å². The number of carboxylic acid groups (broad SMARTS) is 1. The van der Waals surface area contributed by atoms with Crippen LogP contribution in [0.1, 0.15) is 71.0 Å². The van der Waals surface area contributed by atoms with Crippen LogP contribution in [0.5, 0.6) is 5.75 Å². The summed E-state index contributed by atoms with van der Waals surface area (Å²) in [6.07, 6.45) is -1.34. The van der Waals surface area contributed by atoms with Crippen LogP contribution in [0.25, 0.3) is 0 Å². The van der Waals surface area contributed by atoms with E-state index < -0.39 is 83.3 Å². The summed E-state index contributed by atoms with van der Waals surface area (Å²) < 4.78 is 22.1. The average Bonchev–Trinajstić information content (AvgIpc) is 3.81. The van der Waals surface area contributed by atoms with Crippen LogP contribution >= 0.6 is 0 Å². The Morgan fingerprint density at radius 3 is 2.04 bits per heavy atom. The number of hydrogen-bond acceptors (Lipinski definition) is 12. The van der Waals surface area contributed by atoms with E-state index in [0.29, 0.717) is 16.7 Å². The molecule has 0 aliphatic carbocycles. The number of esters is 3. The molecule has 1 spiro atoms. The van der Waals surface area contributed by atoms with Crippen LogP contribution in [-0.4, -0.2) is 84.4 Å². The molecule has 5 aromatic rings. The minimum atomic E-state index is -2.31. The van der Waals surface area contributed by atoms with Crippen molar-refractivity contribution in [3.63, 3.8) is 0 Å². The molecule has 3 N–H and O–H groups in total. The van der Waals surface area contributed by atoms with E-state index >= 15 is 4.79 Å². The van der Waals surface area contributed by atoms with E-state index in [2.05, 4.69) is 17.2 Å². The van der Waals surface area contributed by atoms with Gasteiger partial charge in [0.1, 0.15) is 35.8 Å². The first-order valence-corrected chi connectivity index (χ1v) is 21.6. The number of nitrogens with one attached hydrogen (secondary N) is 1. The van der Waals surface area contributed by atoms with Gasteiger partial charge in [-0.3, -0.25) is 28.9 Å². The van der Waals surface area contributed by atoms with Crippen molar-refractivity contribution in [3.8, 4) is 17.6 Å². The van der Waals surface area contributed by atoms with Crippen LogP contribution < -0.4 is 15.0 Å². The number of aliphatic carboxylic acids is 1. The molecule has 15 heteroatoms. The summed E-state index contributed by atoms with van der Waals surface area (Å²) in [5, 5.41) is 24.6. The number of fused-ring (bicyclic) bond motifs is 3. The quantitative estimate of drug-likeness (QED) is 0.0573. The van der Waals surface area contributed by atoms with Crippen LogP contribution in [0.4, 0.5) is 10.5 Å². The third-order valence-electron chi connectivity index (χ3n) is 12.6. The SMILES string of the molecule is COC(=O)C(CC#Cc1ccc2c(c1)[C@]1(C(=O)N2C(=O)N[C@H](C)c2ccccc2)[C@H](C(=O)O)[C@H]2C(=O)O[C@H](c3ccccc3)[C@H](c3ccccc3)N2[C@@H]1c1ccccc1OCCO)C(=O)OC. The summed E-state index contributed by atoms with van der Waals surface area (Å²) in [5.74, 6) is -2.42. The number of imide groups is 1. The van der Waals surface area contributed by atoms with Crippen LogP contribution in [0.2, 0.25) is 0 Å². The van der Waals surface area contributed by atoms with Gasteiger partial charge in [0.15, 0.2) is 5.92 Å². The number of carbonyl (C=O) groups excluding carboxylic acids is 5. The highest BCUT2D eigenvalue weighted by molar-refractivity contribution is 6.24. The van der Waals surface area contributed by atoms with E-state index in [-0.39, 0.29) is 42.2 Å². The number of anilines is 1. The Morgan fingerprint density at radius 2 is 1.42 bits per heavy atom. The predicted octanol–water partition coefficient (Wildman–Crippen LogP) is 5.98. The molecule has 3 aliphatic heterocycles. The van der Waals surface area contributed by atoms with Gasteiger partial charge in [-0.2, -0.15) is 0 Å². The zero-order valence-corrected chi connectivity index (χ0v) is 36.7. The summed E-state index contributed by atoms with van der Waals surface area (Å²) in [6.45, 7) is 1.19. The summed E-state index contributed by atoms with van der Waals surface area (Å²) in [4.78, 5) is 88.3. The normalized spacial score (nSPS) is 22.2. The maximum absolute atomic E-state index is 16.2. The van der Waals surface area contributed by atoms with Gasteiger partial charge in [0, 0.05) is 17.5 Å². The third-order valence-corrected chi connectivity index (χ3v) is 12.6. The zero-order chi connectivity index (χ0) is 47.4. The number of methoxy groups -OCH3 is 2. The molecule has 67 heavy (non-hydrogen) atoms. The zero-order valence-electron chi connectivity index (χ0n) is 36.7. The van der Waals surface area contributed by atoms with E-state index in [1.54, 1.807) is 60.4 Å². The fourth-order valence-corrected chi connectivity index (χ4v) is 9.81. The Labute approximate surface area is 386 Å². The molecule has 342 valence electrons. The van der Waals surface area contributed by atoms with Crippen LogP contribution in [0.15, 0.2) is 133 Å². The van der Waals surface area contributed by atoms with Gasteiger partial charge in [0.25, 0.3) is 0 Å². The van der Waals surface area contributed by atoms with E-state index in [1.807, 2.05) is 66.7 Å². The third kappa shape index (κ3) is 8.15. The average molecular weight is 906 g/mol. The molecule has 0 bridgehead atoms. The maximum atomic E-state index is 16.2. The number of rotatable bonds is 12. The molecule has 0 unspecified atom stereocenters. The number of benzene rings is 5. The smallest absolute Gasteiger partial charge is 0.329 e. The van der Waals surface area contributed by atoms with Crippen molar-refractivity contribution < 1.29 is 57.9 Å². The Morgan fingerprint density at radius 1 is 0.806 bits per heavy atom. The fourth-order valence-electron chi connectivity index (χ4n) is 9.81. The molecule has 0 radical (unpaired) electrons. The molecule has 2 fully saturated rings. The maximum Gasteiger partial charge on any atom is 0.329 e. The second kappa shape index (κ2) is 19.4. The lowest BCUT2D eigenvalue weighted by Crippen LogP contribution is -2.54. The van der Waals surface area contributed by atoms with Gasteiger partial charge in [-0.1, -0.05) is 121 Å². The Balaban J connectivity index is 1.42. The monoisotopic (exact) mass is 905 g/mol. The molecule has 3 aliphatic rings. The second-order valence-electron chi connectivity index (χ2n) is 16.3. The summed E-state index contributed by atoms with van der Waals surface area (Å²) in [5.41, 5.74) is 0.263. The van der Waals surface area contributed by atoms with E-state index in [9.17, 15) is 34.2 Å². The van der Waals surface area contributed by atoms with Gasteiger partial charge in [-0.15, -0.1) is 0 Å². The highest BCUT2D eigenvalue weighted by Crippen LogP contribution is 2.66. The second-order valence-corrected chi connectivity index (χ2v) is 16.3. The number of nitrogens with zero attached hydrogens (tertiary/aromatic N) is 2. The number of ether oxygens (including phenoxy) is 4. The molecule has 5 aromatic carbocycles. The number of para-hydroxylation sites is 1. The summed E-state index contributed by atoms with van der Waals surface area (Å²) in [6, 6.07) is 32.9. The van der Waals surface area contributed by atoms with E-state index in [1.165, 1.54) is 18.2 Å². The standard InChI is InChI=1S/C52H47N3O12/c1-31(33-17-7-4-8-18-33)53-51(63)54-39-27-26-32(16-15-24-37(47(59)64-2)48(60)65-3)30-38(39)52(50(54)62)41(46(57)58)43-49(61)67-44(35-21-11-6-12-22-35)42(34-19-9-5-10-20-34)55(43)45(52)36-23-13-14-25-40(36)66-29-28-56/h4-14,17-23,25-27,30-31,37,41-45,56H,24,28-29H2,1-3H3,(H,53,63)(H,57,58)/t31-,41+,42+,43+,44-,45-,52+/m1/s1. The largest absolute Gasteiger partial charge is 0.491 e.